The van der Waals surface area contributed by atoms with E-state index in [-0.39, 0.29) is 0 Å². The van der Waals surface area contributed by atoms with E-state index in [1.165, 1.54) is 19.3 Å². The second kappa shape index (κ2) is 6.64. The highest BCUT2D eigenvalue weighted by molar-refractivity contribution is 5.80. The number of hydrogen-bond acceptors (Lipinski definition) is 4. The Morgan fingerprint density at radius 3 is 2.35 bits per heavy atom. The van der Waals surface area contributed by atoms with E-state index < -0.39 is 0 Å². The van der Waals surface area contributed by atoms with E-state index >= 15 is 0 Å². The first-order valence-electron chi connectivity index (χ1n) is 7.20. The van der Waals surface area contributed by atoms with Crippen LogP contribution in [0.2, 0.25) is 0 Å². The number of nitrogens with zero attached hydrogens (tertiary/aromatic N) is 2. The topological polar surface area (TPSA) is 34.1 Å². The summed E-state index contributed by atoms with van der Waals surface area (Å²) in [7, 11) is 3.29. The number of methoxy groups -OCH3 is 2. The van der Waals surface area contributed by atoms with Gasteiger partial charge >= 0.3 is 0 Å². The highest BCUT2D eigenvalue weighted by atomic mass is 16.5. The highest BCUT2D eigenvalue weighted by Crippen LogP contribution is 2.27. The van der Waals surface area contributed by atoms with Gasteiger partial charge in [0, 0.05) is 12.1 Å². The molecule has 0 radical (unpaired) electrons. The van der Waals surface area contributed by atoms with Crippen molar-refractivity contribution in [3.63, 3.8) is 0 Å². The second-order valence-electron chi connectivity index (χ2n) is 5.37. The molecular formula is C16H24N2O2. The van der Waals surface area contributed by atoms with Crippen molar-refractivity contribution in [3.8, 4) is 11.5 Å². The van der Waals surface area contributed by atoms with Gasteiger partial charge in [0.05, 0.1) is 20.4 Å². The summed E-state index contributed by atoms with van der Waals surface area (Å²) < 4.78 is 10.6. The molecule has 0 N–H and O–H groups in total. The van der Waals surface area contributed by atoms with Crippen molar-refractivity contribution in [2.75, 3.05) is 14.2 Å². The van der Waals surface area contributed by atoms with Gasteiger partial charge in [-0.25, -0.2) is 0 Å². The molecule has 20 heavy (non-hydrogen) atoms. The van der Waals surface area contributed by atoms with Crippen LogP contribution in [0.3, 0.4) is 0 Å². The molecule has 1 aliphatic heterocycles. The van der Waals surface area contributed by atoms with Gasteiger partial charge < -0.3 is 9.47 Å². The molecule has 0 spiro atoms. The lowest BCUT2D eigenvalue weighted by atomic mass is 10.00. The summed E-state index contributed by atoms with van der Waals surface area (Å²) in [5, 5.41) is 6.87. The van der Waals surface area contributed by atoms with Gasteiger partial charge in [-0.2, -0.15) is 5.10 Å². The molecule has 2 unspecified atom stereocenters. The van der Waals surface area contributed by atoms with Crippen molar-refractivity contribution in [2.24, 2.45) is 5.10 Å². The van der Waals surface area contributed by atoms with Gasteiger partial charge in [-0.3, -0.25) is 5.01 Å². The third kappa shape index (κ3) is 3.24. The van der Waals surface area contributed by atoms with Gasteiger partial charge in [0.15, 0.2) is 11.5 Å². The molecule has 0 bridgehead atoms. The summed E-state index contributed by atoms with van der Waals surface area (Å²) in [6, 6.07) is 6.86. The van der Waals surface area contributed by atoms with E-state index in [0.29, 0.717) is 12.1 Å². The van der Waals surface area contributed by atoms with Gasteiger partial charge in [0.25, 0.3) is 0 Å². The molecule has 0 aromatic heterocycles. The first kappa shape index (κ1) is 14.7. The minimum Gasteiger partial charge on any atom is -0.493 e. The van der Waals surface area contributed by atoms with Crippen LogP contribution in [0.4, 0.5) is 0 Å². The Morgan fingerprint density at radius 2 is 1.75 bits per heavy atom. The Morgan fingerprint density at radius 1 is 1.10 bits per heavy atom. The van der Waals surface area contributed by atoms with E-state index in [9.17, 15) is 0 Å². The molecule has 1 aromatic rings. The first-order chi connectivity index (χ1) is 9.65. The van der Waals surface area contributed by atoms with Crippen LogP contribution in [0.5, 0.6) is 11.5 Å². The van der Waals surface area contributed by atoms with Crippen LogP contribution in [0.15, 0.2) is 23.3 Å². The fourth-order valence-electron chi connectivity index (χ4n) is 2.70. The lowest BCUT2D eigenvalue weighted by Crippen LogP contribution is -2.39. The Kier molecular flexibility index (Phi) is 4.88. The average molecular weight is 276 g/mol. The average Bonchev–Trinajstić information content (AvgIpc) is 2.46. The van der Waals surface area contributed by atoms with Crippen LogP contribution < -0.4 is 9.47 Å². The normalized spacial score (nSPS) is 23.1. The predicted octanol–water partition coefficient (Wildman–Crippen LogP) is 3.30. The maximum atomic E-state index is 5.31. The molecule has 2 atom stereocenters. The van der Waals surface area contributed by atoms with E-state index in [1.54, 1.807) is 14.2 Å². The van der Waals surface area contributed by atoms with Crippen molar-refractivity contribution in [3.05, 3.63) is 23.8 Å². The molecule has 1 heterocycles. The minimum absolute atomic E-state index is 0.509. The zero-order chi connectivity index (χ0) is 14.5. The second-order valence-corrected chi connectivity index (χ2v) is 5.37. The van der Waals surface area contributed by atoms with E-state index in [2.05, 4.69) is 24.0 Å². The predicted molar refractivity (Wildman–Crippen MR) is 81.8 cm³/mol. The number of benzene rings is 1. The quantitative estimate of drug-likeness (QED) is 0.791. The molecule has 0 aliphatic carbocycles. The monoisotopic (exact) mass is 276 g/mol. The summed E-state index contributed by atoms with van der Waals surface area (Å²) in [4.78, 5) is 0. The molecule has 110 valence electrons. The van der Waals surface area contributed by atoms with Gasteiger partial charge in [0.1, 0.15) is 0 Å². The van der Waals surface area contributed by atoms with Crippen molar-refractivity contribution >= 4 is 6.21 Å². The van der Waals surface area contributed by atoms with E-state index in [4.69, 9.17) is 9.47 Å². The third-order valence-corrected chi connectivity index (χ3v) is 3.89. The van der Waals surface area contributed by atoms with Crippen molar-refractivity contribution < 1.29 is 9.47 Å². The van der Waals surface area contributed by atoms with Crippen molar-refractivity contribution in [1.29, 1.82) is 0 Å². The van der Waals surface area contributed by atoms with Crippen LogP contribution in [-0.2, 0) is 0 Å². The van der Waals surface area contributed by atoms with Crippen LogP contribution in [0, 0.1) is 0 Å². The van der Waals surface area contributed by atoms with Crippen molar-refractivity contribution in [2.45, 2.75) is 45.2 Å². The fraction of sp³-hybridized carbons (Fsp3) is 0.562. The van der Waals surface area contributed by atoms with Crippen LogP contribution >= 0.6 is 0 Å². The van der Waals surface area contributed by atoms with Gasteiger partial charge in [-0.15, -0.1) is 0 Å². The Hall–Kier alpha value is -1.71. The maximum Gasteiger partial charge on any atom is 0.161 e. The number of rotatable bonds is 4. The highest BCUT2D eigenvalue weighted by Gasteiger charge is 2.22. The lowest BCUT2D eigenvalue weighted by Gasteiger charge is -2.36. The number of piperidine rings is 1. The first-order valence-corrected chi connectivity index (χ1v) is 7.20. The Balaban J connectivity index is 2.14. The molecule has 0 amide bonds. The van der Waals surface area contributed by atoms with Crippen LogP contribution in [0.25, 0.3) is 0 Å². The Bertz CT molecular complexity index is 464. The molecule has 1 saturated heterocycles. The molecule has 1 fully saturated rings. The molecule has 1 aromatic carbocycles. The van der Waals surface area contributed by atoms with Gasteiger partial charge in [-0.1, -0.05) is 0 Å². The minimum atomic E-state index is 0.509. The molecule has 2 rings (SSSR count). The molecule has 1 aliphatic rings. The summed E-state index contributed by atoms with van der Waals surface area (Å²) in [6.45, 7) is 4.48. The number of ether oxygens (including phenoxy) is 2. The summed E-state index contributed by atoms with van der Waals surface area (Å²) >= 11 is 0. The zero-order valence-electron chi connectivity index (χ0n) is 12.8. The van der Waals surface area contributed by atoms with E-state index in [0.717, 1.165) is 17.1 Å². The zero-order valence-corrected chi connectivity index (χ0v) is 12.8. The third-order valence-electron chi connectivity index (χ3n) is 3.89. The summed E-state index contributed by atoms with van der Waals surface area (Å²) in [5.41, 5.74) is 1.02. The van der Waals surface area contributed by atoms with Gasteiger partial charge in [0.2, 0.25) is 0 Å². The molecule has 4 heteroatoms. The van der Waals surface area contributed by atoms with Gasteiger partial charge in [-0.05, 0) is 56.9 Å². The van der Waals surface area contributed by atoms with Crippen LogP contribution in [-0.4, -0.2) is 37.5 Å². The maximum absolute atomic E-state index is 5.31. The fourth-order valence-corrected chi connectivity index (χ4v) is 2.70. The summed E-state index contributed by atoms with van der Waals surface area (Å²) in [6.07, 6.45) is 5.63. The number of hydrazone groups is 1. The smallest absolute Gasteiger partial charge is 0.161 e. The standard InChI is InChI=1S/C16H24N2O2/c1-12-6-5-7-13(2)18(12)17-11-14-8-9-15(19-3)16(10-14)20-4/h8-13H,5-7H2,1-4H3/b17-11+. The molecule has 4 nitrogen and oxygen atoms in total. The Labute approximate surface area is 121 Å². The van der Waals surface area contributed by atoms with Crippen LogP contribution in [0.1, 0.15) is 38.7 Å². The summed E-state index contributed by atoms with van der Waals surface area (Å²) in [5.74, 6) is 1.47. The largest absolute Gasteiger partial charge is 0.493 e. The van der Waals surface area contributed by atoms with Crippen molar-refractivity contribution in [1.82, 2.24) is 5.01 Å². The molecule has 0 saturated carbocycles. The SMILES string of the molecule is COc1ccc(/C=N/N2C(C)CCCC2C)cc1OC. The number of hydrogen-bond donors (Lipinski definition) is 0. The van der Waals surface area contributed by atoms with E-state index in [1.807, 2.05) is 24.4 Å². The lowest BCUT2D eigenvalue weighted by molar-refractivity contribution is 0.109. The molecular weight excluding hydrogens is 252 g/mol.